The van der Waals surface area contributed by atoms with Crippen molar-refractivity contribution in [2.24, 2.45) is 0 Å². The summed E-state index contributed by atoms with van der Waals surface area (Å²) in [6.45, 7) is 0.874. The van der Waals surface area contributed by atoms with Gasteiger partial charge >= 0.3 is 0 Å². The molecule has 1 atom stereocenters. The van der Waals surface area contributed by atoms with E-state index in [0.29, 0.717) is 6.04 Å². The van der Waals surface area contributed by atoms with Crippen molar-refractivity contribution in [3.05, 3.63) is 54.2 Å². The summed E-state index contributed by atoms with van der Waals surface area (Å²) in [7, 11) is 0. The second-order valence-electron chi connectivity index (χ2n) is 5.00. The van der Waals surface area contributed by atoms with Crippen LogP contribution in [-0.4, -0.2) is 16.2 Å². The standard InChI is InChI=1S/C16H19N3/c1-3-7-13(8-4-1)16-14(12-18-19-16)11-17-15-9-5-2-6-10-15/h1-5,7-8,12,15,17H,6,9-11H2,(H,18,19). The van der Waals surface area contributed by atoms with Crippen LogP contribution in [0.25, 0.3) is 11.3 Å². The maximum absolute atomic E-state index is 4.18. The minimum absolute atomic E-state index is 0.600. The number of H-pyrrole nitrogens is 1. The van der Waals surface area contributed by atoms with Crippen LogP contribution in [0.4, 0.5) is 0 Å². The highest BCUT2D eigenvalue weighted by atomic mass is 15.1. The molecular formula is C16H19N3. The van der Waals surface area contributed by atoms with Gasteiger partial charge in [0, 0.05) is 18.2 Å². The Morgan fingerprint density at radius 3 is 2.89 bits per heavy atom. The molecule has 98 valence electrons. The lowest BCUT2D eigenvalue weighted by Gasteiger charge is -2.19. The molecule has 0 saturated heterocycles. The van der Waals surface area contributed by atoms with Gasteiger partial charge in [0.25, 0.3) is 0 Å². The lowest BCUT2D eigenvalue weighted by Crippen LogP contribution is -2.29. The topological polar surface area (TPSA) is 40.7 Å². The molecule has 0 bridgehead atoms. The fourth-order valence-corrected chi connectivity index (χ4v) is 2.53. The fraction of sp³-hybridized carbons (Fsp3) is 0.312. The van der Waals surface area contributed by atoms with Crippen LogP contribution in [0.2, 0.25) is 0 Å². The summed E-state index contributed by atoms with van der Waals surface area (Å²) in [6, 6.07) is 11.0. The van der Waals surface area contributed by atoms with Gasteiger partial charge in [-0.15, -0.1) is 0 Å². The summed E-state index contributed by atoms with van der Waals surface area (Å²) in [5.41, 5.74) is 3.56. The van der Waals surface area contributed by atoms with Crippen molar-refractivity contribution < 1.29 is 0 Å². The highest BCUT2D eigenvalue weighted by Gasteiger charge is 2.11. The summed E-state index contributed by atoms with van der Waals surface area (Å²) < 4.78 is 0. The molecule has 0 spiro atoms. The van der Waals surface area contributed by atoms with E-state index >= 15 is 0 Å². The number of nitrogens with zero attached hydrogens (tertiary/aromatic N) is 1. The van der Waals surface area contributed by atoms with Crippen molar-refractivity contribution >= 4 is 0 Å². The minimum atomic E-state index is 0.600. The molecule has 0 saturated carbocycles. The van der Waals surface area contributed by atoms with E-state index in [-0.39, 0.29) is 0 Å². The van der Waals surface area contributed by atoms with Gasteiger partial charge in [0.2, 0.25) is 0 Å². The molecule has 1 heterocycles. The first-order valence-corrected chi connectivity index (χ1v) is 6.89. The van der Waals surface area contributed by atoms with E-state index in [1.165, 1.54) is 24.0 Å². The normalized spacial score (nSPS) is 18.6. The van der Waals surface area contributed by atoms with E-state index in [4.69, 9.17) is 0 Å². The number of aromatic amines is 1. The molecule has 1 aromatic heterocycles. The Kier molecular flexibility index (Phi) is 3.75. The maximum Gasteiger partial charge on any atom is 0.0695 e. The van der Waals surface area contributed by atoms with Crippen LogP contribution >= 0.6 is 0 Å². The highest BCUT2D eigenvalue weighted by Crippen LogP contribution is 2.21. The van der Waals surface area contributed by atoms with E-state index in [0.717, 1.165) is 18.7 Å². The van der Waals surface area contributed by atoms with Gasteiger partial charge in [0.05, 0.1) is 11.9 Å². The van der Waals surface area contributed by atoms with E-state index < -0.39 is 0 Å². The number of allylic oxidation sites excluding steroid dienone is 1. The Labute approximate surface area is 113 Å². The number of rotatable bonds is 4. The Balaban J connectivity index is 1.69. The third-order valence-corrected chi connectivity index (χ3v) is 3.63. The number of hydrogen-bond donors (Lipinski definition) is 2. The smallest absolute Gasteiger partial charge is 0.0695 e. The number of aromatic nitrogens is 2. The monoisotopic (exact) mass is 253 g/mol. The van der Waals surface area contributed by atoms with Gasteiger partial charge in [0.15, 0.2) is 0 Å². The average molecular weight is 253 g/mol. The van der Waals surface area contributed by atoms with Crippen LogP contribution in [0.3, 0.4) is 0 Å². The zero-order valence-electron chi connectivity index (χ0n) is 11.0. The van der Waals surface area contributed by atoms with Crippen molar-refractivity contribution in [1.29, 1.82) is 0 Å². The van der Waals surface area contributed by atoms with Gasteiger partial charge in [-0.3, -0.25) is 5.10 Å². The lowest BCUT2D eigenvalue weighted by molar-refractivity contribution is 0.475. The van der Waals surface area contributed by atoms with E-state index in [2.05, 4.69) is 51.9 Å². The van der Waals surface area contributed by atoms with Crippen LogP contribution in [0.1, 0.15) is 24.8 Å². The zero-order chi connectivity index (χ0) is 12.9. The SMILES string of the molecule is C1=CCC(NCc2cn[nH]c2-c2ccccc2)CC1. The van der Waals surface area contributed by atoms with Gasteiger partial charge < -0.3 is 5.32 Å². The van der Waals surface area contributed by atoms with Gasteiger partial charge in [-0.25, -0.2) is 0 Å². The third kappa shape index (κ3) is 2.93. The lowest BCUT2D eigenvalue weighted by atomic mass is 10.0. The molecule has 3 rings (SSSR count). The molecule has 1 aliphatic rings. The zero-order valence-corrected chi connectivity index (χ0v) is 11.0. The van der Waals surface area contributed by atoms with Crippen LogP contribution in [0.15, 0.2) is 48.7 Å². The van der Waals surface area contributed by atoms with Crippen LogP contribution in [-0.2, 0) is 6.54 Å². The Bertz CT molecular complexity index is 542. The molecule has 2 aromatic rings. The van der Waals surface area contributed by atoms with Crippen LogP contribution in [0.5, 0.6) is 0 Å². The Hall–Kier alpha value is -1.87. The average Bonchev–Trinajstić information content (AvgIpc) is 2.95. The molecule has 0 aliphatic heterocycles. The van der Waals surface area contributed by atoms with Crippen LogP contribution < -0.4 is 5.32 Å². The quantitative estimate of drug-likeness (QED) is 0.821. The van der Waals surface area contributed by atoms with Crippen molar-refractivity contribution in [3.63, 3.8) is 0 Å². The van der Waals surface area contributed by atoms with E-state index in [1.807, 2.05) is 12.3 Å². The first-order valence-electron chi connectivity index (χ1n) is 6.89. The second-order valence-corrected chi connectivity index (χ2v) is 5.00. The van der Waals surface area contributed by atoms with Crippen LogP contribution in [0, 0.1) is 0 Å². The van der Waals surface area contributed by atoms with Gasteiger partial charge in [-0.2, -0.15) is 5.10 Å². The van der Waals surface area contributed by atoms with Gasteiger partial charge in [-0.05, 0) is 24.8 Å². The van der Waals surface area contributed by atoms with E-state index in [9.17, 15) is 0 Å². The molecular weight excluding hydrogens is 234 g/mol. The molecule has 3 nitrogen and oxygen atoms in total. The second kappa shape index (κ2) is 5.85. The summed E-state index contributed by atoms with van der Waals surface area (Å²) in [5.74, 6) is 0. The van der Waals surface area contributed by atoms with Crippen molar-refractivity contribution in [2.75, 3.05) is 0 Å². The van der Waals surface area contributed by atoms with E-state index in [1.54, 1.807) is 0 Å². The van der Waals surface area contributed by atoms with Crippen molar-refractivity contribution in [2.45, 2.75) is 31.8 Å². The van der Waals surface area contributed by atoms with Crippen molar-refractivity contribution in [3.8, 4) is 11.3 Å². The first-order chi connectivity index (χ1) is 9.43. The number of hydrogen-bond acceptors (Lipinski definition) is 2. The summed E-state index contributed by atoms with van der Waals surface area (Å²) in [4.78, 5) is 0. The molecule has 1 unspecified atom stereocenters. The molecule has 0 radical (unpaired) electrons. The minimum Gasteiger partial charge on any atom is -0.309 e. The summed E-state index contributed by atoms with van der Waals surface area (Å²) in [6.07, 6.45) is 10.0. The predicted molar refractivity (Wildman–Crippen MR) is 77.6 cm³/mol. The molecule has 0 amide bonds. The van der Waals surface area contributed by atoms with Gasteiger partial charge in [-0.1, -0.05) is 42.5 Å². The van der Waals surface area contributed by atoms with Crippen molar-refractivity contribution in [1.82, 2.24) is 15.5 Å². The third-order valence-electron chi connectivity index (χ3n) is 3.63. The molecule has 1 aromatic carbocycles. The Morgan fingerprint density at radius 1 is 1.21 bits per heavy atom. The van der Waals surface area contributed by atoms with Gasteiger partial charge in [0.1, 0.15) is 0 Å². The molecule has 19 heavy (non-hydrogen) atoms. The molecule has 0 fully saturated rings. The maximum atomic E-state index is 4.18. The highest BCUT2D eigenvalue weighted by molar-refractivity contribution is 5.62. The molecule has 3 heteroatoms. The fourth-order valence-electron chi connectivity index (χ4n) is 2.53. The predicted octanol–water partition coefficient (Wildman–Crippen LogP) is 3.28. The first kappa shape index (κ1) is 12.2. The summed E-state index contributed by atoms with van der Waals surface area (Å²) >= 11 is 0. The summed E-state index contributed by atoms with van der Waals surface area (Å²) in [5, 5.41) is 10.9. The largest absolute Gasteiger partial charge is 0.309 e. The number of nitrogens with one attached hydrogen (secondary N) is 2. The Morgan fingerprint density at radius 2 is 2.11 bits per heavy atom. The number of benzene rings is 1. The molecule has 1 aliphatic carbocycles. The molecule has 2 N–H and O–H groups in total.